The van der Waals surface area contributed by atoms with Crippen molar-refractivity contribution in [2.24, 2.45) is 0 Å². The lowest BCUT2D eigenvalue weighted by Crippen LogP contribution is -2.19. The molecule has 184 valence electrons. The van der Waals surface area contributed by atoms with Crippen molar-refractivity contribution in [2.45, 2.75) is 4.90 Å². The number of carbonyl (C=O) groups excluding carboxylic acids is 1. The number of hydrogen-bond acceptors (Lipinski definition) is 5. The molecule has 0 saturated carbocycles. The second-order valence-corrected chi connectivity index (χ2v) is 10.4. The van der Waals surface area contributed by atoms with Gasteiger partial charge in [0.05, 0.1) is 4.90 Å². The van der Waals surface area contributed by atoms with Crippen molar-refractivity contribution in [3.8, 4) is 33.9 Å². The van der Waals surface area contributed by atoms with Gasteiger partial charge >= 0.3 is 6.03 Å². The first-order valence-electron chi connectivity index (χ1n) is 11.5. The van der Waals surface area contributed by atoms with Crippen LogP contribution in [0.25, 0.3) is 22.4 Å². The third-order valence-corrected chi connectivity index (χ3v) is 6.78. The molecule has 7 nitrogen and oxygen atoms in total. The third-order valence-electron chi connectivity index (χ3n) is 5.65. The SMILES string of the molecule is CS(=O)(=O)c1ccc(Oc2ccc(NC(=O)n3cc(-c4ccccc4)c(-c4ccccc4)n3)cc2)cc1. The van der Waals surface area contributed by atoms with E-state index in [1.807, 2.05) is 60.7 Å². The summed E-state index contributed by atoms with van der Waals surface area (Å²) in [5, 5.41) is 7.44. The van der Waals surface area contributed by atoms with Crippen LogP contribution in [0, 0.1) is 0 Å². The molecule has 0 bridgehead atoms. The topological polar surface area (TPSA) is 90.3 Å². The lowest BCUT2D eigenvalue weighted by molar-refractivity contribution is 0.251. The summed E-state index contributed by atoms with van der Waals surface area (Å²) < 4.78 is 30.3. The van der Waals surface area contributed by atoms with Gasteiger partial charge in [0, 0.05) is 29.3 Å². The van der Waals surface area contributed by atoms with Crippen molar-refractivity contribution in [2.75, 3.05) is 11.6 Å². The molecule has 1 N–H and O–H groups in total. The molecule has 0 saturated heterocycles. The van der Waals surface area contributed by atoms with Crippen LogP contribution in [0.1, 0.15) is 0 Å². The van der Waals surface area contributed by atoms with Crippen LogP contribution in [0.2, 0.25) is 0 Å². The standard InChI is InChI=1S/C29H23N3O4S/c1-37(34,35)26-18-16-25(17-19-26)36-24-14-12-23(13-15-24)30-29(33)32-20-27(21-8-4-2-5-9-21)28(31-32)22-10-6-3-7-11-22/h2-20H,1H3,(H,30,33). The molecular formula is C29H23N3O4S. The highest BCUT2D eigenvalue weighted by Gasteiger charge is 2.16. The Labute approximate surface area is 214 Å². The minimum absolute atomic E-state index is 0.224. The molecule has 0 fully saturated rings. The Kier molecular flexibility index (Phi) is 6.57. The van der Waals surface area contributed by atoms with E-state index in [4.69, 9.17) is 4.74 Å². The average molecular weight is 510 g/mol. The van der Waals surface area contributed by atoms with Crippen molar-refractivity contribution in [1.29, 1.82) is 0 Å². The van der Waals surface area contributed by atoms with Gasteiger partial charge in [-0.2, -0.15) is 9.78 Å². The predicted molar refractivity (Wildman–Crippen MR) is 144 cm³/mol. The number of rotatable bonds is 6. The fraction of sp³-hybridized carbons (Fsp3) is 0.0345. The number of benzene rings is 4. The average Bonchev–Trinajstić information content (AvgIpc) is 3.37. The van der Waals surface area contributed by atoms with Crippen molar-refractivity contribution in [3.05, 3.63) is 115 Å². The largest absolute Gasteiger partial charge is 0.457 e. The van der Waals surface area contributed by atoms with Gasteiger partial charge in [0.25, 0.3) is 0 Å². The first kappa shape index (κ1) is 24.0. The molecular weight excluding hydrogens is 486 g/mol. The summed E-state index contributed by atoms with van der Waals surface area (Å²) in [5.41, 5.74) is 4.02. The fourth-order valence-corrected chi connectivity index (χ4v) is 4.42. The van der Waals surface area contributed by atoms with Crippen LogP contribution in [-0.2, 0) is 9.84 Å². The quantitative estimate of drug-likeness (QED) is 0.282. The van der Waals surface area contributed by atoms with E-state index in [2.05, 4.69) is 10.4 Å². The maximum Gasteiger partial charge on any atom is 0.346 e. The molecule has 0 radical (unpaired) electrons. The second kappa shape index (κ2) is 10.1. The molecule has 1 aromatic heterocycles. The lowest BCUT2D eigenvalue weighted by atomic mass is 10.0. The van der Waals surface area contributed by atoms with Gasteiger partial charge in [-0.3, -0.25) is 0 Å². The molecule has 1 amide bonds. The van der Waals surface area contributed by atoms with Gasteiger partial charge in [-0.1, -0.05) is 60.7 Å². The lowest BCUT2D eigenvalue weighted by Gasteiger charge is -2.08. The van der Waals surface area contributed by atoms with Gasteiger partial charge in [-0.25, -0.2) is 13.2 Å². The number of sulfone groups is 1. The molecule has 5 rings (SSSR count). The van der Waals surface area contributed by atoms with E-state index in [0.717, 1.165) is 22.9 Å². The zero-order valence-corrected chi connectivity index (χ0v) is 20.7. The Balaban J connectivity index is 1.33. The zero-order valence-electron chi connectivity index (χ0n) is 19.9. The van der Waals surface area contributed by atoms with Crippen molar-refractivity contribution in [3.63, 3.8) is 0 Å². The van der Waals surface area contributed by atoms with Crippen LogP contribution in [-0.4, -0.2) is 30.5 Å². The van der Waals surface area contributed by atoms with Crippen LogP contribution in [0.4, 0.5) is 10.5 Å². The Bertz CT molecular complexity index is 1570. The fourth-order valence-electron chi connectivity index (χ4n) is 3.79. The van der Waals surface area contributed by atoms with Gasteiger partial charge in [-0.15, -0.1) is 0 Å². The molecule has 0 spiro atoms. The van der Waals surface area contributed by atoms with Gasteiger partial charge < -0.3 is 10.1 Å². The molecule has 0 atom stereocenters. The van der Waals surface area contributed by atoms with Crippen LogP contribution >= 0.6 is 0 Å². The van der Waals surface area contributed by atoms with Gasteiger partial charge in [0.1, 0.15) is 17.2 Å². The van der Waals surface area contributed by atoms with E-state index < -0.39 is 15.9 Å². The first-order valence-corrected chi connectivity index (χ1v) is 13.4. The summed E-state index contributed by atoms with van der Waals surface area (Å²) in [6.45, 7) is 0. The Hall–Kier alpha value is -4.69. The Morgan fingerprint density at radius 2 is 1.30 bits per heavy atom. The summed E-state index contributed by atoms with van der Waals surface area (Å²) in [5.74, 6) is 1.05. The summed E-state index contributed by atoms with van der Waals surface area (Å²) in [6, 6.07) is 32.2. The maximum absolute atomic E-state index is 13.0. The summed E-state index contributed by atoms with van der Waals surface area (Å²) in [7, 11) is -3.27. The summed E-state index contributed by atoms with van der Waals surface area (Å²) in [4.78, 5) is 13.3. The van der Waals surface area contributed by atoms with Crippen LogP contribution < -0.4 is 10.1 Å². The summed E-state index contributed by atoms with van der Waals surface area (Å²) >= 11 is 0. The molecule has 1 heterocycles. The van der Waals surface area contributed by atoms with Gasteiger partial charge in [0.15, 0.2) is 9.84 Å². The van der Waals surface area contributed by atoms with E-state index in [1.165, 1.54) is 16.8 Å². The second-order valence-electron chi connectivity index (χ2n) is 8.37. The summed E-state index contributed by atoms with van der Waals surface area (Å²) in [6.07, 6.45) is 2.88. The third kappa shape index (κ3) is 5.60. The molecule has 8 heteroatoms. The van der Waals surface area contributed by atoms with E-state index in [0.29, 0.717) is 22.9 Å². The number of anilines is 1. The Morgan fingerprint density at radius 1 is 0.757 bits per heavy atom. The van der Waals surface area contributed by atoms with E-state index >= 15 is 0 Å². The van der Waals surface area contributed by atoms with Gasteiger partial charge in [-0.05, 0) is 54.1 Å². The Morgan fingerprint density at radius 3 is 1.86 bits per heavy atom. The monoisotopic (exact) mass is 509 g/mol. The zero-order chi connectivity index (χ0) is 25.8. The van der Waals surface area contributed by atoms with Crippen molar-refractivity contribution < 1.29 is 17.9 Å². The van der Waals surface area contributed by atoms with E-state index in [9.17, 15) is 13.2 Å². The highest BCUT2D eigenvalue weighted by molar-refractivity contribution is 7.90. The van der Waals surface area contributed by atoms with Crippen molar-refractivity contribution in [1.82, 2.24) is 9.78 Å². The molecule has 5 aromatic rings. The molecule has 0 aliphatic carbocycles. The van der Waals surface area contributed by atoms with E-state index in [1.54, 1.807) is 42.6 Å². The normalized spacial score (nSPS) is 11.2. The van der Waals surface area contributed by atoms with Crippen LogP contribution in [0.3, 0.4) is 0 Å². The molecule has 0 aliphatic rings. The van der Waals surface area contributed by atoms with Crippen LogP contribution in [0.5, 0.6) is 11.5 Å². The number of aromatic nitrogens is 2. The number of nitrogens with zero attached hydrogens (tertiary/aromatic N) is 2. The minimum Gasteiger partial charge on any atom is -0.457 e. The maximum atomic E-state index is 13.0. The highest BCUT2D eigenvalue weighted by atomic mass is 32.2. The number of hydrogen-bond donors (Lipinski definition) is 1. The van der Waals surface area contributed by atoms with Crippen molar-refractivity contribution >= 4 is 21.6 Å². The van der Waals surface area contributed by atoms with Gasteiger partial charge in [0.2, 0.25) is 0 Å². The predicted octanol–water partition coefficient (Wildman–Crippen LogP) is 6.49. The number of carbonyl (C=O) groups is 1. The number of nitrogens with one attached hydrogen (secondary N) is 1. The molecule has 0 aliphatic heterocycles. The molecule has 4 aromatic carbocycles. The van der Waals surface area contributed by atoms with Crippen LogP contribution in [0.15, 0.2) is 120 Å². The number of amides is 1. The highest BCUT2D eigenvalue weighted by Crippen LogP contribution is 2.31. The van der Waals surface area contributed by atoms with E-state index in [-0.39, 0.29) is 4.90 Å². The molecule has 37 heavy (non-hydrogen) atoms. The molecule has 0 unspecified atom stereocenters. The minimum atomic E-state index is -3.27. The number of ether oxygens (including phenoxy) is 1. The smallest absolute Gasteiger partial charge is 0.346 e. The first-order chi connectivity index (χ1) is 17.9.